The summed E-state index contributed by atoms with van der Waals surface area (Å²) in [6, 6.07) is 10.3. The normalized spacial score (nSPS) is 11.2. The van der Waals surface area contributed by atoms with E-state index >= 15 is 0 Å². The molecule has 0 unspecified atom stereocenters. The van der Waals surface area contributed by atoms with Crippen LogP contribution in [0.15, 0.2) is 54.7 Å². The first-order valence-electron chi connectivity index (χ1n) is 12.3. The summed E-state index contributed by atoms with van der Waals surface area (Å²) in [5.41, 5.74) is -0.848. The number of pyridine rings is 1. The lowest BCUT2D eigenvalue weighted by Gasteiger charge is -2.20. The minimum absolute atomic E-state index is 0.00185. The summed E-state index contributed by atoms with van der Waals surface area (Å²) in [4.78, 5) is 30.6. The minimum atomic E-state index is -4.74. The summed E-state index contributed by atoms with van der Waals surface area (Å²) in [6.45, 7) is 6.23. The molecule has 1 aromatic heterocycles. The molecule has 0 aliphatic carbocycles. The summed E-state index contributed by atoms with van der Waals surface area (Å²) in [6.07, 6.45) is -3.32. The largest absolute Gasteiger partial charge is 0.490 e. The maximum absolute atomic E-state index is 13.5. The van der Waals surface area contributed by atoms with E-state index in [0.29, 0.717) is 23.7 Å². The third kappa shape index (κ3) is 8.48. The van der Waals surface area contributed by atoms with Crippen LogP contribution >= 0.6 is 11.6 Å². The Morgan fingerprint density at radius 3 is 2.42 bits per heavy atom. The van der Waals surface area contributed by atoms with Crippen molar-refractivity contribution >= 4 is 34.9 Å². The van der Waals surface area contributed by atoms with Gasteiger partial charge >= 0.3 is 12.2 Å². The van der Waals surface area contributed by atoms with Gasteiger partial charge in [-0.05, 0) is 37.4 Å². The van der Waals surface area contributed by atoms with E-state index in [-0.39, 0.29) is 29.6 Å². The fourth-order valence-corrected chi connectivity index (χ4v) is 3.86. The van der Waals surface area contributed by atoms with Crippen LogP contribution in [0, 0.1) is 0 Å². The first-order chi connectivity index (χ1) is 19.0. The molecule has 214 valence electrons. The average Bonchev–Trinajstić information content (AvgIpc) is 2.91. The Balaban J connectivity index is 1.76. The molecule has 40 heavy (non-hydrogen) atoms. The number of carbonyl (C=O) groups excluding carboxylic acids is 2. The predicted octanol–water partition coefficient (Wildman–Crippen LogP) is 6.27. The third-order valence-electron chi connectivity index (χ3n) is 5.70. The molecule has 0 aliphatic heterocycles. The third-order valence-corrected chi connectivity index (χ3v) is 6.01. The molecule has 0 aliphatic rings. The molecule has 2 aromatic carbocycles. The summed E-state index contributed by atoms with van der Waals surface area (Å²) in [5, 5.41) is 6.91. The number of hydrogen-bond acceptors (Lipinski definition) is 6. The van der Waals surface area contributed by atoms with Crippen molar-refractivity contribution in [3.8, 4) is 17.2 Å². The number of urea groups is 1. The second kappa shape index (κ2) is 13.9. The molecule has 13 heteroatoms. The molecule has 0 radical (unpaired) electrons. The van der Waals surface area contributed by atoms with Crippen LogP contribution in [-0.2, 0) is 6.18 Å². The van der Waals surface area contributed by atoms with Crippen molar-refractivity contribution in [3.63, 3.8) is 0 Å². The van der Waals surface area contributed by atoms with Crippen LogP contribution in [0.1, 0.15) is 29.9 Å². The molecule has 3 aromatic rings. The van der Waals surface area contributed by atoms with E-state index in [1.165, 1.54) is 25.4 Å². The van der Waals surface area contributed by atoms with Gasteiger partial charge in [-0.2, -0.15) is 13.2 Å². The highest BCUT2D eigenvalue weighted by Gasteiger charge is 2.34. The molecule has 1 heterocycles. The van der Waals surface area contributed by atoms with Crippen LogP contribution in [0.3, 0.4) is 0 Å². The van der Waals surface area contributed by atoms with Gasteiger partial charge in [-0.15, -0.1) is 0 Å². The SMILES string of the molecule is CCN(CC)CCOc1cc(Cl)c(C(F)(F)F)cc1NC(=O)Nc1cccc(Oc2ccnc(C(=O)NC)c2)c1. The molecule has 0 spiro atoms. The zero-order valence-corrected chi connectivity index (χ0v) is 22.8. The monoisotopic (exact) mass is 579 g/mol. The van der Waals surface area contributed by atoms with Gasteiger partial charge in [0.2, 0.25) is 0 Å². The Hall–Kier alpha value is -4.03. The Labute approximate surface area is 234 Å². The number of halogens is 4. The van der Waals surface area contributed by atoms with Gasteiger partial charge in [-0.25, -0.2) is 4.79 Å². The molecule has 0 saturated carbocycles. The summed E-state index contributed by atoms with van der Waals surface area (Å²) < 4.78 is 52.0. The van der Waals surface area contributed by atoms with Crippen molar-refractivity contribution in [3.05, 3.63) is 71.0 Å². The minimum Gasteiger partial charge on any atom is -0.490 e. The Morgan fingerprint density at radius 1 is 1.02 bits per heavy atom. The molecular weight excluding hydrogens is 551 g/mol. The highest BCUT2D eigenvalue weighted by atomic mass is 35.5. The number of hydrogen-bond donors (Lipinski definition) is 3. The number of aromatic nitrogens is 1. The van der Waals surface area contributed by atoms with Crippen LogP contribution in [0.4, 0.5) is 29.3 Å². The van der Waals surface area contributed by atoms with Gasteiger partial charge in [0.1, 0.15) is 29.5 Å². The lowest BCUT2D eigenvalue weighted by atomic mass is 10.1. The van der Waals surface area contributed by atoms with E-state index in [4.69, 9.17) is 21.1 Å². The zero-order valence-electron chi connectivity index (χ0n) is 22.1. The van der Waals surface area contributed by atoms with Crippen molar-refractivity contribution in [2.24, 2.45) is 0 Å². The number of nitrogens with one attached hydrogen (secondary N) is 3. The quantitative estimate of drug-likeness (QED) is 0.247. The Kier molecular flexibility index (Phi) is 10.6. The maximum Gasteiger partial charge on any atom is 0.417 e. The van der Waals surface area contributed by atoms with Crippen LogP contribution < -0.4 is 25.4 Å². The molecule has 0 bridgehead atoms. The van der Waals surface area contributed by atoms with Crippen molar-refractivity contribution in [2.75, 3.05) is 43.9 Å². The number of rotatable bonds is 11. The number of benzene rings is 2. The topological polar surface area (TPSA) is 105 Å². The number of alkyl halides is 3. The highest BCUT2D eigenvalue weighted by molar-refractivity contribution is 6.31. The van der Waals surface area contributed by atoms with Crippen molar-refractivity contribution in [2.45, 2.75) is 20.0 Å². The summed E-state index contributed by atoms with van der Waals surface area (Å²) in [5.74, 6) is 0.285. The van der Waals surface area contributed by atoms with Gasteiger partial charge in [-0.1, -0.05) is 31.5 Å². The first kappa shape index (κ1) is 30.5. The van der Waals surface area contributed by atoms with Gasteiger partial charge in [0, 0.05) is 43.7 Å². The van der Waals surface area contributed by atoms with Crippen molar-refractivity contribution in [1.82, 2.24) is 15.2 Å². The Bertz CT molecular complexity index is 1340. The van der Waals surface area contributed by atoms with E-state index in [0.717, 1.165) is 25.2 Å². The van der Waals surface area contributed by atoms with Gasteiger partial charge in [0.15, 0.2) is 0 Å². The van der Waals surface area contributed by atoms with Gasteiger partial charge in [0.25, 0.3) is 5.91 Å². The van der Waals surface area contributed by atoms with E-state index in [9.17, 15) is 22.8 Å². The smallest absolute Gasteiger partial charge is 0.417 e. The predicted molar refractivity (Wildman–Crippen MR) is 147 cm³/mol. The maximum atomic E-state index is 13.5. The molecule has 9 nitrogen and oxygen atoms in total. The van der Waals surface area contributed by atoms with E-state index in [2.05, 4.69) is 25.8 Å². The molecule has 0 atom stereocenters. The van der Waals surface area contributed by atoms with Crippen LogP contribution in [-0.4, -0.2) is 55.1 Å². The number of carbonyl (C=O) groups is 2. The van der Waals surface area contributed by atoms with Gasteiger partial charge < -0.3 is 30.3 Å². The second-order valence-electron chi connectivity index (χ2n) is 8.37. The van der Waals surface area contributed by atoms with Crippen molar-refractivity contribution < 1.29 is 32.2 Å². The summed E-state index contributed by atoms with van der Waals surface area (Å²) >= 11 is 5.89. The lowest BCUT2D eigenvalue weighted by molar-refractivity contribution is -0.137. The standard InChI is InChI=1S/C27H29ClF3N5O4/c1-4-36(5-2)11-12-39-24-16-21(28)20(27(29,30)31)15-22(24)35-26(38)34-17-7-6-8-18(13-17)40-19-9-10-33-23(14-19)25(37)32-3/h6-10,13-16H,4-5,11-12H2,1-3H3,(H,32,37)(H2,34,35,38). The molecular formula is C27H29ClF3N5O4. The van der Waals surface area contributed by atoms with Gasteiger partial charge in [0.05, 0.1) is 16.3 Å². The number of ether oxygens (including phenoxy) is 2. The van der Waals surface area contributed by atoms with Crippen molar-refractivity contribution in [1.29, 1.82) is 0 Å². The fraction of sp³-hybridized carbons (Fsp3) is 0.296. The molecule has 3 N–H and O–H groups in total. The number of amides is 3. The second-order valence-corrected chi connectivity index (χ2v) is 8.77. The molecule has 0 saturated heterocycles. The number of anilines is 2. The van der Waals surface area contributed by atoms with E-state index in [1.807, 2.05) is 13.8 Å². The molecule has 3 rings (SSSR count). The van der Waals surface area contributed by atoms with E-state index < -0.39 is 22.8 Å². The van der Waals surface area contributed by atoms with Crippen LogP contribution in [0.25, 0.3) is 0 Å². The van der Waals surface area contributed by atoms with Crippen LogP contribution in [0.5, 0.6) is 17.2 Å². The number of likely N-dealkylation sites (N-methyl/N-ethyl adjacent to an activating group) is 1. The highest BCUT2D eigenvalue weighted by Crippen LogP contribution is 2.40. The van der Waals surface area contributed by atoms with E-state index in [1.54, 1.807) is 24.3 Å². The summed E-state index contributed by atoms with van der Waals surface area (Å²) in [7, 11) is 1.48. The lowest BCUT2D eigenvalue weighted by Crippen LogP contribution is -2.28. The average molecular weight is 580 g/mol. The molecule has 3 amide bonds. The molecule has 0 fully saturated rings. The van der Waals surface area contributed by atoms with Crippen LogP contribution in [0.2, 0.25) is 5.02 Å². The first-order valence-corrected chi connectivity index (χ1v) is 12.7. The fourth-order valence-electron chi connectivity index (χ4n) is 3.60. The zero-order chi connectivity index (χ0) is 29.3. The Morgan fingerprint density at radius 2 is 1.75 bits per heavy atom. The van der Waals surface area contributed by atoms with Gasteiger partial charge in [-0.3, -0.25) is 9.78 Å². The number of nitrogens with zero attached hydrogens (tertiary/aromatic N) is 2.